The van der Waals surface area contributed by atoms with E-state index >= 15 is 0 Å². The van der Waals surface area contributed by atoms with Gasteiger partial charge in [0, 0.05) is 30.6 Å². The van der Waals surface area contributed by atoms with E-state index in [-0.39, 0.29) is 5.97 Å². The minimum Gasteiger partial charge on any atom is -0.497 e. The number of esters is 1. The molecule has 0 aliphatic carbocycles. The minimum atomic E-state index is -0.701. The second kappa shape index (κ2) is 14.0. The zero-order valence-electron chi connectivity index (χ0n) is 23.2. The van der Waals surface area contributed by atoms with Crippen LogP contribution in [0.3, 0.4) is 0 Å². The molecule has 0 saturated heterocycles. The van der Waals surface area contributed by atoms with Crippen molar-refractivity contribution in [3.63, 3.8) is 0 Å². The molecule has 208 valence electrons. The number of nitrogens with zero attached hydrogens (tertiary/aromatic N) is 1. The molecule has 0 aliphatic rings. The van der Waals surface area contributed by atoms with Crippen molar-refractivity contribution in [2.45, 2.75) is 25.0 Å². The Kier molecular flexibility index (Phi) is 10.2. The van der Waals surface area contributed by atoms with E-state index < -0.39 is 12.0 Å². The number of hydrogen-bond donors (Lipinski definition) is 0. The van der Waals surface area contributed by atoms with E-state index in [0.717, 1.165) is 32.5 Å². The highest BCUT2D eigenvalue weighted by atomic mass is 79.9. The number of carbonyl (C=O) groups excluding carboxylic acids is 1. The zero-order chi connectivity index (χ0) is 28.5. The Labute approximate surface area is 244 Å². The number of ether oxygens (including phenoxy) is 4. The molecule has 0 aromatic heterocycles. The third kappa shape index (κ3) is 6.84. The highest BCUT2D eigenvalue weighted by molar-refractivity contribution is 9.10. The van der Waals surface area contributed by atoms with Crippen LogP contribution in [0, 0.1) is 0 Å². The average molecular weight is 605 g/mol. The SMILES string of the molecule is COC(=O)[C@H]([C@H](c1ccc(OC)cc1)c1cc(Br)c(OC)cc1OC)N(Cc1ccccc1)Cc1ccccc1. The number of methoxy groups -OCH3 is 4. The molecule has 0 aliphatic heterocycles. The Morgan fingerprint density at radius 2 is 1.27 bits per heavy atom. The third-order valence-corrected chi connectivity index (χ3v) is 7.54. The van der Waals surface area contributed by atoms with Crippen LogP contribution in [-0.4, -0.2) is 45.4 Å². The fourth-order valence-electron chi connectivity index (χ4n) is 4.97. The molecule has 0 bridgehead atoms. The monoisotopic (exact) mass is 603 g/mol. The molecule has 6 nitrogen and oxygen atoms in total. The van der Waals surface area contributed by atoms with Gasteiger partial charge in [-0.3, -0.25) is 9.69 Å². The van der Waals surface area contributed by atoms with Gasteiger partial charge >= 0.3 is 5.97 Å². The second-order valence-electron chi connectivity index (χ2n) is 9.32. The van der Waals surface area contributed by atoms with Crippen molar-refractivity contribution < 1.29 is 23.7 Å². The Balaban J connectivity index is 1.94. The van der Waals surface area contributed by atoms with Crippen LogP contribution in [0.25, 0.3) is 0 Å². The maximum Gasteiger partial charge on any atom is 0.324 e. The third-order valence-electron chi connectivity index (χ3n) is 6.92. The minimum absolute atomic E-state index is 0.346. The highest BCUT2D eigenvalue weighted by Gasteiger charge is 2.39. The summed E-state index contributed by atoms with van der Waals surface area (Å²) in [6.45, 7) is 1.06. The lowest BCUT2D eigenvalue weighted by atomic mass is 9.83. The number of benzene rings is 4. The number of rotatable bonds is 12. The molecule has 0 fully saturated rings. The summed E-state index contributed by atoms with van der Waals surface area (Å²) in [5.41, 5.74) is 3.91. The van der Waals surface area contributed by atoms with Crippen LogP contribution in [0.2, 0.25) is 0 Å². The van der Waals surface area contributed by atoms with Gasteiger partial charge in [-0.2, -0.15) is 0 Å². The molecule has 4 rings (SSSR count). The van der Waals surface area contributed by atoms with Gasteiger partial charge in [-0.1, -0.05) is 72.8 Å². The maximum absolute atomic E-state index is 13.9. The molecule has 0 heterocycles. The molecule has 7 heteroatoms. The Morgan fingerprint density at radius 1 is 0.725 bits per heavy atom. The van der Waals surface area contributed by atoms with Gasteiger partial charge in [0.1, 0.15) is 23.3 Å². The van der Waals surface area contributed by atoms with Crippen molar-refractivity contribution in [3.05, 3.63) is 124 Å². The topological polar surface area (TPSA) is 57.2 Å². The smallest absolute Gasteiger partial charge is 0.324 e. The first-order chi connectivity index (χ1) is 19.5. The molecular weight excluding hydrogens is 570 g/mol. The molecule has 4 aromatic carbocycles. The Hall–Kier alpha value is -3.81. The van der Waals surface area contributed by atoms with Gasteiger partial charge in [0.05, 0.1) is 32.9 Å². The Bertz CT molecular complexity index is 1340. The van der Waals surface area contributed by atoms with Gasteiger partial charge in [0.2, 0.25) is 0 Å². The number of hydrogen-bond acceptors (Lipinski definition) is 6. The van der Waals surface area contributed by atoms with Gasteiger partial charge in [0.15, 0.2) is 0 Å². The lowest BCUT2D eigenvalue weighted by molar-refractivity contribution is -0.148. The van der Waals surface area contributed by atoms with Gasteiger partial charge in [-0.05, 0) is 50.8 Å². The predicted molar refractivity (Wildman–Crippen MR) is 160 cm³/mol. The van der Waals surface area contributed by atoms with Crippen LogP contribution in [0.15, 0.2) is 102 Å². The normalized spacial score (nSPS) is 12.4. The van der Waals surface area contributed by atoms with E-state index in [0.29, 0.717) is 24.6 Å². The van der Waals surface area contributed by atoms with E-state index in [1.807, 2.05) is 72.8 Å². The van der Waals surface area contributed by atoms with Crippen LogP contribution in [0.5, 0.6) is 17.2 Å². The van der Waals surface area contributed by atoms with E-state index in [2.05, 4.69) is 45.1 Å². The molecule has 0 radical (unpaired) electrons. The molecule has 0 N–H and O–H groups in total. The van der Waals surface area contributed by atoms with E-state index in [9.17, 15) is 4.79 Å². The van der Waals surface area contributed by atoms with Crippen LogP contribution < -0.4 is 14.2 Å². The largest absolute Gasteiger partial charge is 0.497 e. The average Bonchev–Trinajstić information content (AvgIpc) is 3.00. The molecule has 2 atom stereocenters. The lowest BCUT2D eigenvalue weighted by Gasteiger charge is -2.36. The molecule has 0 unspecified atom stereocenters. The van der Waals surface area contributed by atoms with Crippen molar-refractivity contribution in [2.75, 3.05) is 28.4 Å². The van der Waals surface area contributed by atoms with E-state index in [1.165, 1.54) is 7.11 Å². The lowest BCUT2D eigenvalue weighted by Crippen LogP contribution is -2.45. The first-order valence-electron chi connectivity index (χ1n) is 12.9. The predicted octanol–water partition coefficient (Wildman–Crippen LogP) is 6.85. The summed E-state index contributed by atoms with van der Waals surface area (Å²) in [6.07, 6.45) is 0. The van der Waals surface area contributed by atoms with Crippen LogP contribution in [0.1, 0.15) is 28.2 Å². The molecule has 0 amide bonds. The summed E-state index contributed by atoms with van der Waals surface area (Å²) in [5.74, 6) is 1.17. The summed E-state index contributed by atoms with van der Waals surface area (Å²) >= 11 is 3.65. The standard InChI is InChI=1S/C33H34BrNO5/c1-37-26-17-15-25(16-18-26)31(27-19-28(34)30(39-3)20-29(27)38-2)32(33(36)40-4)35(21-23-11-7-5-8-12-23)22-24-13-9-6-10-14-24/h5-20,31-32H,21-22H2,1-4H3/t31-,32+/m1/s1. The fraction of sp³-hybridized carbons (Fsp3) is 0.242. The van der Waals surface area contributed by atoms with Crippen molar-refractivity contribution in [3.8, 4) is 17.2 Å². The first kappa shape index (κ1) is 29.2. The first-order valence-corrected chi connectivity index (χ1v) is 13.7. The molecule has 40 heavy (non-hydrogen) atoms. The molecular formula is C33H34BrNO5. The van der Waals surface area contributed by atoms with E-state index in [4.69, 9.17) is 18.9 Å². The molecule has 0 spiro atoms. The van der Waals surface area contributed by atoms with Crippen molar-refractivity contribution in [1.82, 2.24) is 4.90 Å². The van der Waals surface area contributed by atoms with Crippen molar-refractivity contribution in [2.24, 2.45) is 0 Å². The second-order valence-corrected chi connectivity index (χ2v) is 10.2. The van der Waals surface area contributed by atoms with Crippen LogP contribution in [0.4, 0.5) is 0 Å². The van der Waals surface area contributed by atoms with Crippen molar-refractivity contribution >= 4 is 21.9 Å². The summed E-state index contributed by atoms with van der Waals surface area (Å²) < 4.78 is 23.1. The van der Waals surface area contributed by atoms with Crippen LogP contribution >= 0.6 is 15.9 Å². The quantitative estimate of drug-likeness (QED) is 0.165. The summed E-state index contributed by atoms with van der Waals surface area (Å²) in [4.78, 5) is 16.1. The van der Waals surface area contributed by atoms with Gasteiger partial charge in [0.25, 0.3) is 0 Å². The zero-order valence-corrected chi connectivity index (χ0v) is 24.8. The highest BCUT2D eigenvalue weighted by Crippen LogP contribution is 2.43. The number of halogens is 1. The summed E-state index contributed by atoms with van der Waals surface area (Å²) in [7, 11) is 6.30. The summed E-state index contributed by atoms with van der Waals surface area (Å²) in [5, 5.41) is 0. The fourth-order valence-corrected chi connectivity index (χ4v) is 5.50. The number of carbonyl (C=O) groups is 1. The van der Waals surface area contributed by atoms with Gasteiger partial charge < -0.3 is 18.9 Å². The summed E-state index contributed by atoms with van der Waals surface area (Å²) in [6, 6.07) is 31.2. The van der Waals surface area contributed by atoms with Gasteiger partial charge in [-0.25, -0.2) is 0 Å². The maximum atomic E-state index is 13.9. The molecule has 4 aromatic rings. The van der Waals surface area contributed by atoms with Crippen molar-refractivity contribution in [1.29, 1.82) is 0 Å². The van der Waals surface area contributed by atoms with Crippen LogP contribution in [-0.2, 0) is 22.6 Å². The van der Waals surface area contributed by atoms with E-state index in [1.54, 1.807) is 21.3 Å². The van der Waals surface area contributed by atoms with Gasteiger partial charge in [-0.15, -0.1) is 0 Å². The molecule has 0 saturated carbocycles. The Morgan fingerprint density at radius 3 is 1.75 bits per heavy atom.